The molecule has 0 rings (SSSR count). The molecule has 0 aromatic rings. The van der Waals surface area contributed by atoms with Crippen LogP contribution in [0.25, 0.3) is 0 Å². The van der Waals surface area contributed by atoms with E-state index in [1.54, 1.807) is 0 Å². The van der Waals surface area contributed by atoms with E-state index >= 15 is 0 Å². The second-order valence-electron chi connectivity index (χ2n) is 6.72. The predicted molar refractivity (Wildman–Crippen MR) is 87.5 cm³/mol. The molecule has 0 N–H and O–H groups in total. The number of hydrogen-bond acceptors (Lipinski definition) is 2. The van der Waals surface area contributed by atoms with Crippen molar-refractivity contribution in [3.8, 4) is 0 Å². The van der Waals surface area contributed by atoms with Gasteiger partial charge < -0.3 is 0 Å². The van der Waals surface area contributed by atoms with Gasteiger partial charge in [0.1, 0.15) is 0 Å². The normalized spacial score (nSPS) is 12.9. The first-order valence-electron chi connectivity index (χ1n) is 8.10. The van der Waals surface area contributed by atoms with E-state index in [-0.39, 0.29) is 0 Å². The highest BCUT2D eigenvalue weighted by molar-refractivity contribution is 4.76. The molecule has 0 saturated heterocycles. The Kier molecular flexibility index (Phi) is 9.72. The third-order valence-electron chi connectivity index (χ3n) is 3.84. The van der Waals surface area contributed by atoms with E-state index in [2.05, 4.69) is 71.6 Å². The largest absolute Gasteiger partial charge is 0.299 e. The second-order valence-corrected chi connectivity index (χ2v) is 6.72. The number of rotatable bonds is 10. The zero-order valence-corrected chi connectivity index (χ0v) is 14.6. The van der Waals surface area contributed by atoms with Gasteiger partial charge in [0, 0.05) is 24.2 Å². The van der Waals surface area contributed by atoms with Crippen molar-refractivity contribution >= 4 is 0 Å². The molecule has 0 bridgehead atoms. The first kappa shape index (κ1) is 18.9. The van der Waals surface area contributed by atoms with Gasteiger partial charge in [-0.2, -0.15) is 0 Å². The molecule has 0 saturated carbocycles. The smallest absolute Gasteiger partial charge is 0.00412 e. The van der Waals surface area contributed by atoms with Crippen molar-refractivity contribution < 1.29 is 0 Å². The monoisotopic (exact) mass is 269 g/mol. The fourth-order valence-corrected chi connectivity index (χ4v) is 2.85. The second kappa shape index (κ2) is 9.77. The summed E-state index contributed by atoms with van der Waals surface area (Å²) >= 11 is 0. The highest BCUT2D eigenvalue weighted by Crippen LogP contribution is 2.10. The minimum atomic E-state index is 0.649. The number of hydrogen-bond donors (Lipinski definition) is 0. The lowest BCUT2D eigenvalue weighted by Gasteiger charge is -2.31. The fraction of sp³-hybridized carbons (Fsp3) is 0.941. The lowest BCUT2D eigenvalue weighted by atomic mass is 10.1. The van der Waals surface area contributed by atoms with E-state index in [4.69, 9.17) is 0 Å². The standard InChI is InChI=1S/C17H37N2/c1-14(2)18(15(3)4)12-10-9-11-13-19(16(5)6)17(7)8/h9,14-17H,10-13H2,1-8H3. The molecule has 2 heteroatoms. The van der Waals surface area contributed by atoms with Gasteiger partial charge in [-0.05, 0) is 87.7 Å². The summed E-state index contributed by atoms with van der Waals surface area (Å²) in [4.78, 5) is 5.14. The minimum absolute atomic E-state index is 0.649. The minimum Gasteiger partial charge on any atom is -0.299 e. The molecule has 115 valence electrons. The average molecular weight is 269 g/mol. The Labute approximate surface area is 122 Å². The summed E-state index contributed by atoms with van der Waals surface area (Å²) < 4.78 is 0. The molecule has 0 atom stereocenters. The molecule has 2 nitrogen and oxygen atoms in total. The predicted octanol–water partition coefficient (Wildman–Crippen LogP) is 4.21. The highest BCUT2D eigenvalue weighted by Gasteiger charge is 2.14. The zero-order valence-electron chi connectivity index (χ0n) is 14.6. The molecular weight excluding hydrogens is 232 g/mol. The summed E-state index contributed by atoms with van der Waals surface area (Å²) in [6, 6.07) is 2.60. The molecule has 1 radical (unpaired) electrons. The van der Waals surface area contributed by atoms with Crippen LogP contribution in [0.2, 0.25) is 0 Å². The Hall–Kier alpha value is -0.0800. The van der Waals surface area contributed by atoms with Crippen LogP contribution in [0, 0.1) is 6.42 Å². The number of unbranched alkanes of at least 4 members (excludes halogenated alkanes) is 2. The van der Waals surface area contributed by atoms with Gasteiger partial charge >= 0.3 is 0 Å². The van der Waals surface area contributed by atoms with E-state index in [0.717, 1.165) is 0 Å². The van der Waals surface area contributed by atoms with Crippen LogP contribution in [0.4, 0.5) is 0 Å². The van der Waals surface area contributed by atoms with Crippen molar-refractivity contribution in [1.82, 2.24) is 9.80 Å². The van der Waals surface area contributed by atoms with Crippen LogP contribution in [0.15, 0.2) is 0 Å². The fourth-order valence-electron chi connectivity index (χ4n) is 2.85. The highest BCUT2D eigenvalue weighted by atomic mass is 15.2. The van der Waals surface area contributed by atoms with Crippen LogP contribution in [0.3, 0.4) is 0 Å². The van der Waals surface area contributed by atoms with E-state index < -0.39 is 0 Å². The lowest BCUT2D eigenvalue weighted by molar-refractivity contribution is 0.168. The van der Waals surface area contributed by atoms with Crippen molar-refractivity contribution in [2.75, 3.05) is 13.1 Å². The molecule has 0 aliphatic rings. The lowest BCUT2D eigenvalue weighted by Crippen LogP contribution is -2.38. The van der Waals surface area contributed by atoms with E-state index in [9.17, 15) is 0 Å². The van der Waals surface area contributed by atoms with E-state index in [1.807, 2.05) is 0 Å². The quantitative estimate of drug-likeness (QED) is 0.548. The number of nitrogens with zero attached hydrogens (tertiary/aromatic N) is 2. The molecule has 0 aliphatic carbocycles. The third-order valence-corrected chi connectivity index (χ3v) is 3.84. The molecule has 19 heavy (non-hydrogen) atoms. The maximum atomic E-state index is 2.57. The maximum absolute atomic E-state index is 2.57. The SMILES string of the molecule is CC(C)N(CC[CH]CCN(C(C)C)C(C)C)C(C)C. The van der Waals surface area contributed by atoms with Crippen LogP contribution in [0.5, 0.6) is 0 Å². The van der Waals surface area contributed by atoms with E-state index in [1.165, 1.54) is 25.9 Å². The summed E-state index contributed by atoms with van der Waals surface area (Å²) in [7, 11) is 0. The van der Waals surface area contributed by atoms with Gasteiger partial charge in [-0.3, -0.25) is 9.80 Å². The molecule has 0 aromatic carbocycles. The summed E-state index contributed by atoms with van der Waals surface area (Å²) in [5.74, 6) is 0. The summed E-state index contributed by atoms with van der Waals surface area (Å²) in [5.41, 5.74) is 0. The third kappa shape index (κ3) is 7.94. The van der Waals surface area contributed by atoms with Crippen molar-refractivity contribution in [2.45, 2.75) is 92.4 Å². The molecule has 0 aliphatic heterocycles. The van der Waals surface area contributed by atoms with E-state index in [0.29, 0.717) is 24.2 Å². The topological polar surface area (TPSA) is 6.48 Å². The molecule has 0 fully saturated rings. The van der Waals surface area contributed by atoms with Gasteiger partial charge in [-0.25, -0.2) is 0 Å². The molecular formula is C17H37N2. The van der Waals surface area contributed by atoms with Crippen LogP contribution in [-0.4, -0.2) is 47.1 Å². The summed E-state index contributed by atoms with van der Waals surface area (Å²) in [6.45, 7) is 20.7. The average Bonchev–Trinajstić information content (AvgIpc) is 2.25. The van der Waals surface area contributed by atoms with Crippen LogP contribution in [-0.2, 0) is 0 Å². The Morgan fingerprint density at radius 2 is 0.842 bits per heavy atom. The van der Waals surface area contributed by atoms with Crippen molar-refractivity contribution in [1.29, 1.82) is 0 Å². The van der Waals surface area contributed by atoms with Gasteiger partial charge in [0.15, 0.2) is 0 Å². The molecule has 0 amide bonds. The first-order valence-corrected chi connectivity index (χ1v) is 8.10. The van der Waals surface area contributed by atoms with Crippen molar-refractivity contribution in [2.24, 2.45) is 0 Å². The zero-order chi connectivity index (χ0) is 15.0. The summed E-state index contributed by atoms with van der Waals surface area (Å²) in [5, 5.41) is 0. The Balaban J connectivity index is 3.85. The van der Waals surface area contributed by atoms with Crippen molar-refractivity contribution in [3.63, 3.8) is 0 Å². The van der Waals surface area contributed by atoms with Crippen LogP contribution in [0.1, 0.15) is 68.2 Å². The van der Waals surface area contributed by atoms with Crippen LogP contribution >= 0.6 is 0 Å². The van der Waals surface area contributed by atoms with Gasteiger partial charge in [-0.15, -0.1) is 0 Å². The van der Waals surface area contributed by atoms with Gasteiger partial charge in [0.05, 0.1) is 0 Å². The first-order chi connectivity index (χ1) is 8.77. The summed E-state index contributed by atoms with van der Waals surface area (Å²) in [6.07, 6.45) is 4.89. The molecule has 0 spiro atoms. The van der Waals surface area contributed by atoms with Gasteiger partial charge in [0.25, 0.3) is 0 Å². The molecule has 0 heterocycles. The maximum Gasteiger partial charge on any atom is 0.00412 e. The Morgan fingerprint density at radius 3 is 1.05 bits per heavy atom. The van der Waals surface area contributed by atoms with Crippen LogP contribution < -0.4 is 0 Å². The molecule has 0 aromatic heterocycles. The van der Waals surface area contributed by atoms with Crippen molar-refractivity contribution in [3.05, 3.63) is 6.42 Å². The van der Waals surface area contributed by atoms with Gasteiger partial charge in [-0.1, -0.05) is 0 Å². The van der Waals surface area contributed by atoms with Gasteiger partial charge in [0.2, 0.25) is 0 Å². The Bertz CT molecular complexity index is 171. The molecule has 0 unspecified atom stereocenters. The Morgan fingerprint density at radius 1 is 0.579 bits per heavy atom.